The fourth-order valence-electron chi connectivity index (χ4n) is 3.31. The van der Waals surface area contributed by atoms with E-state index < -0.39 is 0 Å². The van der Waals surface area contributed by atoms with Gasteiger partial charge in [-0.2, -0.15) is 0 Å². The molecule has 0 spiro atoms. The lowest BCUT2D eigenvalue weighted by molar-refractivity contribution is -0.120. The van der Waals surface area contributed by atoms with Crippen molar-refractivity contribution < 1.29 is 9.59 Å². The minimum atomic E-state index is -0.198. The van der Waals surface area contributed by atoms with Gasteiger partial charge in [0.05, 0.1) is 5.69 Å². The lowest BCUT2D eigenvalue weighted by Gasteiger charge is -2.27. The molecule has 4 nitrogen and oxygen atoms in total. The van der Waals surface area contributed by atoms with Crippen LogP contribution in [-0.4, -0.2) is 18.4 Å². The van der Waals surface area contributed by atoms with Crippen molar-refractivity contribution in [2.45, 2.75) is 53.4 Å². The maximum Gasteiger partial charge on any atom is 0.244 e. The zero-order valence-electron chi connectivity index (χ0n) is 17.2. The second-order valence-electron chi connectivity index (χ2n) is 7.56. The molecule has 4 heteroatoms. The maximum atomic E-state index is 12.8. The van der Waals surface area contributed by atoms with E-state index in [0.29, 0.717) is 5.92 Å². The summed E-state index contributed by atoms with van der Waals surface area (Å²) in [5.41, 5.74) is 4.79. The summed E-state index contributed by atoms with van der Waals surface area (Å²) in [6.45, 7) is 11.8. The number of nitrogens with one attached hydrogen (secondary N) is 1. The normalized spacial score (nSPS) is 11.0. The third kappa shape index (κ3) is 4.97. The third-order valence-electron chi connectivity index (χ3n) is 4.70. The number of aryl methyl sites for hydroxylation is 1. The second kappa shape index (κ2) is 8.85. The molecule has 0 saturated heterocycles. The van der Waals surface area contributed by atoms with E-state index in [1.54, 1.807) is 4.90 Å². The van der Waals surface area contributed by atoms with Crippen LogP contribution in [-0.2, 0) is 9.59 Å². The Hall–Kier alpha value is -2.62. The second-order valence-corrected chi connectivity index (χ2v) is 7.56. The largest absolute Gasteiger partial charge is 0.324 e. The lowest BCUT2D eigenvalue weighted by Crippen LogP contribution is -2.38. The van der Waals surface area contributed by atoms with Gasteiger partial charge in [-0.05, 0) is 41.5 Å². The van der Waals surface area contributed by atoms with E-state index in [-0.39, 0.29) is 24.3 Å². The molecule has 0 fully saturated rings. The molecule has 0 unspecified atom stereocenters. The van der Waals surface area contributed by atoms with Crippen LogP contribution in [0.15, 0.2) is 42.5 Å². The molecule has 27 heavy (non-hydrogen) atoms. The summed E-state index contributed by atoms with van der Waals surface area (Å²) >= 11 is 0. The smallest absolute Gasteiger partial charge is 0.244 e. The van der Waals surface area contributed by atoms with E-state index in [1.165, 1.54) is 6.92 Å². The standard InChI is InChI=1S/C23H30N2O2/c1-15(2)19-11-7-8-13-21(19)24-22(27)14-25(18(6)26)23-17(5)10-9-12-20(23)16(3)4/h7-13,15-16H,14H2,1-6H3,(H,24,27). The summed E-state index contributed by atoms with van der Waals surface area (Å²) in [7, 11) is 0. The molecule has 0 saturated carbocycles. The molecule has 2 amide bonds. The van der Waals surface area contributed by atoms with E-state index in [9.17, 15) is 9.59 Å². The maximum absolute atomic E-state index is 12.8. The molecule has 2 rings (SSSR count). The van der Waals surface area contributed by atoms with Crippen molar-refractivity contribution in [3.63, 3.8) is 0 Å². The van der Waals surface area contributed by atoms with Crippen molar-refractivity contribution in [1.82, 2.24) is 0 Å². The molecule has 144 valence electrons. The van der Waals surface area contributed by atoms with E-state index >= 15 is 0 Å². The van der Waals surface area contributed by atoms with E-state index in [0.717, 1.165) is 28.1 Å². The first-order valence-electron chi connectivity index (χ1n) is 9.48. The van der Waals surface area contributed by atoms with Gasteiger partial charge in [-0.1, -0.05) is 64.1 Å². The van der Waals surface area contributed by atoms with E-state index in [2.05, 4.69) is 33.0 Å². The summed E-state index contributed by atoms with van der Waals surface area (Å²) in [5.74, 6) is 0.218. The fraction of sp³-hybridized carbons (Fsp3) is 0.391. The van der Waals surface area contributed by atoms with Gasteiger partial charge in [-0.25, -0.2) is 0 Å². The predicted molar refractivity (Wildman–Crippen MR) is 112 cm³/mol. The van der Waals surface area contributed by atoms with Crippen LogP contribution < -0.4 is 10.2 Å². The van der Waals surface area contributed by atoms with Crippen molar-refractivity contribution in [2.75, 3.05) is 16.8 Å². The van der Waals surface area contributed by atoms with Gasteiger partial charge in [0.25, 0.3) is 0 Å². The quantitative estimate of drug-likeness (QED) is 0.760. The van der Waals surface area contributed by atoms with Gasteiger partial charge < -0.3 is 10.2 Å². The van der Waals surface area contributed by atoms with E-state index in [4.69, 9.17) is 0 Å². The predicted octanol–water partition coefficient (Wildman–Crippen LogP) is 5.23. The van der Waals surface area contributed by atoms with Gasteiger partial charge >= 0.3 is 0 Å². The molecule has 1 N–H and O–H groups in total. The lowest BCUT2D eigenvalue weighted by atomic mass is 9.97. The average molecular weight is 367 g/mol. The number of benzene rings is 2. The number of hydrogen-bond acceptors (Lipinski definition) is 2. The third-order valence-corrected chi connectivity index (χ3v) is 4.70. The van der Waals surface area contributed by atoms with E-state index in [1.807, 2.05) is 49.4 Å². The monoisotopic (exact) mass is 366 g/mol. The van der Waals surface area contributed by atoms with Gasteiger partial charge in [0.1, 0.15) is 6.54 Å². The Morgan fingerprint density at radius 2 is 1.52 bits per heavy atom. The van der Waals surface area contributed by atoms with Crippen LogP contribution >= 0.6 is 0 Å². The highest BCUT2D eigenvalue weighted by molar-refractivity contribution is 6.03. The number of carbonyl (C=O) groups is 2. The van der Waals surface area contributed by atoms with Crippen LogP contribution in [0.25, 0.3) is 0 Å². The topological polar surface area (TPSA) is 49.4 Å². The number of anilines is 2. The molecule has 0 bridgehead atoms. The number of nitrogens with zero attached hydrogens (tertiary/aromatic N) is 1. The molecular weight excluding hydrogens is 336 g/mol. The molecule has 0 aliphatic rings. The minimum Gasteiger partial charge on any atom is -0.324 e. The molecule has 0 radical (unpaired) electrons. The van der Waals surface area contributed by atoms with Gasteiger partial charge in [0, 0.05) is 12.6 Å². The van der Waals surface area contributed by atoms with Gasteiger partial charge in [0.2, 0.25) is 11.8 Å². The van der Waals surface area contributed by atoms with Crippen molar-refractivity contribution in [2.24, 2.45) is 0 Å². The van der Waals surface area contributed by atoms with Crippen molar-refractivity contribution in [3.8, 4) is 0 Å². The number of amides is 2. The van der Waals surface area contributed by atoms with Crippen molar-refractivity contribution >= 4 is 23.2 Å². The summed E-state index contributed by atoms with van der Waals surface area (Å²) in [6.07, 6.45) is 0. The number of para-hydroxylation sites is 2. The Morgan fingerprint density at radius 1 is 0.926 bits per heavy atom. The highest BCUT2D eigenvalue weighted by Crippen LogP contribution is 2.31. The summed E-state index contributed by atoms with van der Waals surface area (Å²) in [5, 5.41) is 2.98. The average Bonchev–Trinajstić information content (AvgIpc) is 2.59. The van der Waals surface area contributed by atoms with Crippen LogP contribution in [0.5, 0.6) is 0 Å². The highest BCUT2D eigenvalue weighted by Gasteiger charge is 2.22. The Labute approximate surface area is 162 Å². The Balaban J connectivity index is 2.31. The fourth-order valence-corrected chi connectivity index (χ4v) is 3.31. The highest BCUT2D eigenvalue weighted by atomic mass is 16.2. The number of rotatable bonds is 6. The molecule has 2 aromatic rings. The molecule has 0 aromatic heterocycles. The number of hydrogen-bond donors (Lipinski definition) is 1. The van der Waals surface area contributed by atoms with Crippen LogP contribution in [0.4, 0.5) is 11.4 Å². The number of carbonyl (C=O) groups excluding carboxylic acids is 2. The first-order valence-corrected chi connectivity index (χ1v) is 9.48. The zero-order valence-corrected chi connectivity index (χ0v) is 17.2. The Morgan fingerprint density at radius 3 is 2.11 bits per heavy atom. The van der Waals surface area contributed by atoms with Crippen LogP contribution in [0, 0.1) is 6.92 Å². The van der Waals surface area contributed by atoms with Gasteiger partial charge in [-0.15, -0.1) is 0 Å². The van der Waals surface area contributed by atoms with Crippen molar-refractivity contribution in [3.05, 3.63) is 59.2 Å². The van der Waals surface area contributed by atoms with Crippen molar-refractivity contribution in [1.29, 1.82) is 0 Å². The van der Waals surface area contributed by atoms with Crippen LogP contribution in [0.3, 0.4) is 0 Å². The first kappa shape index (κ1) is 20.7. The van der Waals surface area contributed by atoms with Crippen LogP contribution in [0.1, 0.15) is 63.1 Å². The Bertz CT molecular complexity index is 825. The van der Waals surface area contributed by atoms with Gasteiger partial charge in [-0.3, -0.25) is 9.59 Å². The van der Waals surface area contributed by atoms with Gasteiger partial charge in [0.15, 0.2) is 0 Å². The minimum absolute atomic E-state index is 0.00760. The summed E-state index contributed by atoms with van der Waals surface area (Å²) < 4.78 is 0. The Kier molecular flexibility index (Phi) is 6.78. The SMILES string of the molecule is CC(=O)N(CC(=O)Nc1ccccc1C(C)C)c1c(C)cccc1C(C)C. The molecule has 0 aliphatic carbocycles. The van der Waals surface area contributed by atoms with Crippen LogP contribution in [0.2, 0.25) is 0 Å². The molecule has 2 aromatic carbocycles. The molecule has 0 aliphatic heterocycles. The summed E-state index contributed by atoms with van der Waals surface area (Å²) in [6, 6.07) is 13.8. The zero-order chi connectivity index (χ0) is 20.1. The molecular formula is C23H30N2O2. The summed E-state index contributed by atoms with van der Waals surface area (Å²) in [4.78, 5) is 26.7. The molecule has 0 atom stereocenters. The molecule has 0 heterocycles. The first-order chi connectivity index (χ1) is 12.7.